The SMILES string of the molecule is CCCCCCCCCCCCCCCCCC(S)C#CC#CC(=O)O. The van der Waals surface area contributed by atoms with Crippen molar-refractivity contribution in [3.8, 4) is 23.7 Å². The predicted octanol–water partition coefficient (Wildman–Crippen LogP) is 6.64. The maximum absolute atomic E-state index is 10.2. The van der Waals surface area contributed by atoms with Gasteiger partial charge in [0.05, 0.1) is 5.25 Å². The minimum atomic E-state index is -1.14. The third kappa shape index (κ3) is 21.0. The van der Waals surface area contributed by atoms with E-state index in [0.717, 1.165) is 12.8 Å². The van der Waals surface area contributed by atoms with Crippen molar-refractivity contribution in [1.82, 2.24) is 0 Å². The lowest BCUT2D eigenvalue weighted by atomic mass is 10.0. The Morgan fingerprint density at radius 2 is 1.19 bits per heavy atom. The Morgan fingerprint density at radius 1 is 0.769 bits per heavy atom. The van der Waals surface area contributed by atoms with Gasteiger partial charge in [0.25, 0.3) is 0 Å². The molecule has 0 amide bonds. The van der Waals surface area contributed by atoms with E-state index in [2.05, 4.69) is 37.3 Å². The van der Waals surface area contributed by atoms with E-state index in [0.29, 0.717) is 0 Å². The molecule has 0 rings (SSSR count). The zero-order valence-electron chi connectivity index (χ0n) is 16.7. The van der Waals surface area contributed by atoms with E-state index in [1.54, 1.807) is 0 Å². The molecule has 0 radical (unpaired) electrons. The summed E-state index contributed by atoms with van der Waals surface area (Å²) >= 11 is 4.39. The molecule has 0 saturated carbocycles. The van der Waals surface area contributed by atoms with Crippen LogP contribution in [-0.2, 0) is 4.79 Å². The van der Waals surface area contributed by atoms with Crippen molar-refractivity contribution in [2.45, 2.75) is 115 Å². The zero-order chi connectivity index (χ0) is 19.3. The molecule has 3 heteroatoms. The van der Waals surface area contributed by atoms with Gasteiger partial charge in [-0.3, -0.25) is 0 Å². The van der Waals surface area contributed by atoms with Crippen molar-refractivity contribution in [2.75, 3.05) is 0 Å². The van der Waals surface area contributed by atoms with Crippen LogP contribution in [0.25, 0.3) is 0 Å². The number of carboxylic acids is 1. The van der Waals surface area contributed by atoms with Crippen LogP contribution in [0.3, 0.4) is 0 Å². The minimum absolute atomic E-state index is 0.0000625. The fourth-order valence-electron chi connectivity index (χ4n) is 2.99. The van der Waals surface area contributed by atoms with Crippen LogP contribution in [0.4, 0.5) is 0 Å². The molecule has 0 aliphatic heterocycles. The Kier molecular flexibility index (Phi) is 19.4. The maximum Gasteiger partial charge on any atom is 0.382 e. The molecule has 0 aromatic rings. The average Bonchev–Trinajstić information content (AvgIpc) is 2.62. The number of hydrogen-bond acceptors (Lipinski definition) is 2. The molecule has 0 spiro atoms. The Bertz CT molecular complexity index is 450. The summed E-state index contributed by atoms with van der Waals surface area (Å²) in [6.45, 7) is 2.27. The summed E-state index contributed by atoms with van der Waals surface area (Å²) in [7, 11) is 0. The first-order valence-corrected chi connectivity index (χ1v) is 11.1. The highest BCUT2D eigenvalue weighted by Gasteiger charge is 1.98. The third-order valence-electron chi connectivity index (χ3n) is 4.55. The normalized spacial score (nSPS) is 11.2. The second-order valence-electron chi connectivity index (χ2n) is 7.08. The minimum Gasteiger partial charge on any atom is -0.472 e. The molecule has 1 atom stereocenters. The molecule has 2 nitrogen and oxygen atoms in total. The Hall–Kier alpha value is -1.06. The zero-order valence-corrected chi connectivity index (χ0v) is 17.6. The molecule has 0 aromatic heterocycles. The molecule has 26 heavy (non-hydrogen) atoms. The Morgan fingerprint density at radius 3 is 1.62 bits per heavy atom. The third-order valence-corrected chi connectivity index (χ3v) is 4.94. The number of hydrogen-bond donors (Lipinski definition) is 2. The topological polar surface area (TPSA) is 37.3 Å². The first kappa shape index (κ1) is 24.9. The van der Waals surface area contributed by atoms with Crippen LogP contribution in [0.15, 0.2) is 0 Å². The molecule has 0 saturated heterocycles. The lowest BCUT2D eigenvalue weighted by Gasteiger charge is -2.04. The van der Waals surface area contributed by atoms with Crippen molar-refractivity contribution in [2.24, 2.45) is 0 Å². The maximum atomic E-state index is 10.2. The van der Waals surface area contributed by atoms with Gasteiger partial charge in [0.2, 0.25) is 0 Å². The number of unbranched alkanes of at least 4 members (excludes halogenated alkanes) is 14. The van der Waals surface area contributed by atoms with Crippen molar-refractivity contribution in [1.29, 1.82) is 0 Å². The highest BCUT2D eigenvalue weighted by Crippen LogP contribution is 2.14. The van der Waals surface area contributed by atoms with E-state index < -0.39 is 5.97 Å². The summed E-state index contributed by atoms with van der Waals surface area (Å²) in [5.74, 6) is 8.57. The number of carboxylic acid groups (broad SMARTS) is 1. The van der Waals surface area contributed by atoms with Crippen LogP contribution in [0, 0.1) is 23.7 Å². The standard InChI is InChI=1S/C23H38O2S/c1-2-3-4-5-6-7-8-9-10-11-12-13-14-15-16-19-22(26)20-17-18-21-23(24)25/h22,26H,2-16,19H2,1H3,(H,24,25). The van der Waals surface area contributed by atoms with Gasteiger partial charge in [0.15, 0.2) is 0 Å². The van der Waals surface area contributed by atoms with E-state index >= 15 is 0 Å². The van der Waals surface area contributed by atoms with Crippen molar-refractivity contribution < 1.29 is 9.90 Å². The molecule has 0 aliphatic rings. The summed E-state index contributed by atoms with van der Waals surface area (Å²) in [6.07, 6.45) is 21.4. The lowest BCUT2D eigenvalue weighted by Crippen LogP contribution is -1.94. The number of carbonyl (C=O) groups is 1. The average molecular weight is 379 g/mol. The van der Waals surface area contributed by atoms with Crippen LogP contribution in [0.5, 0.6) is 0 Å². The van der Waals surface area contributed by atoms with Gasteiger partial charge >= 0.3 is 5.97 Å². The molecule has 0 bridgehead atoms. The van der Waals surface area contributed by atoms with E-state index in [9.17, 15) is 4.79 Å². The van der Waals surface area contributed by atoms with Gasteiger partial charge in [0, 0.05) is 5.92 Å². The van der Waals surface area contributed by atoms with Crippen molar-refractivity contribution in [3.63, 3.8) is 0 Å². The van der Waals surface area contributed by atoms with Gasteiger partial charge in [-0.25, -0.2) is 4.79 Å². The first-order chi connectivity index (χ1) is 12.7. The van der Waals surface area contributed by atoms with Gasteiger partial charge in [-0.2, -0.15) is 12.6 Å². The summed E-state index contributed by atoms with van der Waals surface area (Å²) in [5.41, 5.74) is 0. The van der Waals surface area contributed by atoms with Gasteiger partial charge in [-0.1, -0.05) is 109 Å². The van der Waals surface area contributed by atoms with Crippen LogP contribution < -0.4 is 0 Å². The molecule has 0 aromatic carbocycles. The number of rotatable bonds is 16. The van der Waals surface area contributed by atoms with Gasteiger partial charge in [-0.15, -0.1) is 0 Å². The molecule has 0 fully saturated rings. The largest absolute Gasteiger partial charge is 0.472 e. The summed E-state index contributed by atoms with van der Waals surface area (Å²) in [5, 5.41) is 8.37. The molecule has 1 unspecified atom stereocenters. The van der Waals surface area contributed by atoms with Gasteiger partial charge in [0.1, 0.15) is 0 Å². The smallest absolute Gasteiger partial charge is 0.382 e. The fourth-order valence-corrected chi connectivity index (χ4v) is 3.23. The number of thiol groups is 1. The summed E-state index contributed by atoms with van der Waals surface area (Å²) in [6, 6.07) is 0. The van der Waals surface area contributed by atoms with E-state index in [4.69, 9.17) is 5.11 Å². The van der Waals surface area contributed by atoms with Gasteiger partial charge < -0.3 is 5.11 Å². The second kappa shape index (κ2) is 20.3. The molecular formula is C23H38O2S. The molecule has 1 N–H and O–H groups in total. The second-order valence-corrected chi connectivity index (χ2v) is 7.70. The summed E-state index contributed by atoms with van der Waals surface area (Å²) in [4.78, 5) is 10.2. The molecule has 0 heterocycles. The van der Waals surface area contributed by atoms with Crippen LogP contribution in [0.2, 0.25) is 0 Å². The van der Waals surface area contributed by atoms with Gasteiger partial charge in [-0.05, 0) is 18.3 Å². The molecule has 0 aliphatic carbocycles. The van der Waals surface area contributed by atoms with E-state index in [-0.39, 0.29) is 5.25 Å². The van der Waals surface area contributed by atoms with E-state index in [1.807, 2.05) is 5.92 Å². The monoisotopic (exact) mass is 378 g/mol. The van der Waals surface area contributed by atoms with Crippen LogP contribution in [0.1, 0.15) is 110 Å². The quantitative estimate of drug-likeness (QED) is 0.179. The predicted molar refractivity (Wildman–Crippen MR) is 116 cm³/mol. The van der Waals surface area contributed by atoms with Crippen LogP contribution in [-0.4, -0.2) is 16.3 Å². The lowest BCUT2D eigenvalue weighted by molar-refractivity contribution is -0.130. The highest BCUT2D eigenvalue weighted by molar-refractivity contribution is 7.81. The summed E-state index contributed by atoms with van der Waals surface area (Å²) < 4.78 is 0. The number of aliphatic carboxylic acids is 1. The fraction of sp³-hybridized carbons (Fsp3) is 0.783. The van der Waals surface area contributed by atoms with E-state index in [1.165, 1.54) is 89.9 Å². The van der Waals surface area contributed by atoms with Crippen molar-refractivity contribution in [3.05, 3.63) is 0 Å². The van der Waals surface area contributed by atoms with Crippen molar-refractivity contribution >= 4 is 18.6 Å². The van der Waals surface area contributed by atoms with Crippen LogP contribution >= 0.6 is 12.6 Å². The first-order valence-electron chi connectivity index (χ1n) is 10.6. The highest BCUT2D eigenvalue weighted by atomic mass is 32.1. The molecule has 148 valence electrons. The Labute approximate surface area is 167 Å². The Balaban J connectivity index is 3.27. The molecular weight excluding hydrogens is 340 g/mol.